The zero-order valence-corrected chi connectivity index (χ0v) is 22.5. The number of alkyl halides is 2. The highest BCUT2D eigenvalue weighted by atomic mass is 35.5. The number of rotatable bonds is 2. The van der Waals surface area contributed by atoms with Gasteiger partial charge in [-0.15, -0.1) is 23.2 Å². The second-order valence-corrected chi connectivity index (χ2v) is 11.8. The zero-order chi connectivity index (χ0) is 30.8. The van der Waals surface area contributed by atoms with E-state index in [-0.39, 0.29) is 16.9 Å². The Kier molecular flexibility index (Phi) is 6.09. The number of hydrogen-bond acceptors (Lipinski definition) is 5. The second-order valence-electron chi connectivity index (χ2n) is 10.6. The molecule has 2 aromatic carbocycles. The molecule has 3 fully saturated rings. The van der Waals surface area contributed by atoms with Crippen LogP contribution >= 0.6 is 23.2 Å². The fourth-order valence-electron chi connectivity index (χ4n) is 6.83. The molecule has 0 aromatic heterocycles. The predicted molar refractivity (Wildman–Crippen MR) is 132 cm³/mol. The third-order valence-electron chi connectivity index (χ3n) is 8.77. The van der Waals surface area contributed by atoms with Crippen LogP contribution in [0.2, 0.25) is 0 Å². The number of nitrogens with zero attached hydrogens (tertiary/aromatic N) is 2. The molecule has 42 heavy (non-hydrogen) atoms. The van der Waals surface area contributed by atoms with E-state index in [0.717, 1.165) is 23.1 Å². The molecule has 4 aliphatic rings. The largest absolute Gasteiger partial charge is 0.505 e. The zero-order valence-electron chi connectivity index (χ0n) is 21.0. The molecule has 2 aromatic rings. The van der Waals surface area contributed by atoms with Gasteiger partial charge in [0.25, 0.3) is 11.8 Å². The van der Waals surface area contributed by atoms with Crippen molar-refractivity contribution in [3.63, 3.8) is 0 Å². The summed E-state index contributed by atoms with van der Waals surface area (Å²) in [6.07, 6.45) is 0.676. The van der Waals surface area contributed by atoms with Crippen molar-refractivity contribution in [2.75, 3.05) is 11.9 Å². The number of amides is 4. The van der Waals surface area contributed by atoms with Gasteiger partial charge in [0, 0.05) is 18.5 Å². The lowest BCUT2D eigenvalue weighted by molar-refractivity contribution is -0.138. The summed E-state index contributed by atoms with van der Waals surface area (Å²) in [6, 6.07) is 3.11. The summed E-state index contributed by atoms with van der Waals surface area (Å²) in [5.74, 6) is -24.3. The first-order valence-electron chi connectivity index (χ1n) is 12.4. The van der Waals surface area contributed by atoms with Crippen molar-refractivity contribution in [1.82, 2.24) is 4.90 Å². The minimum atomic E-state index is -2.84. The molecular formula is C27H16Cl2F6N2O5. The number of halogens is 8. The van der Waals surface area contributed by atoms with Gasteiger partial charge < -0.3 is 5.11 Å². The first kappa shape index (κ1) is 28.5. The van der Waals surface area contributed by atoms with Gasteiger partial charge in [-0.25, -0.2) is 31.2 Å². The van der Waals surface area contributed by atoms with Crippen LogP contribution in [-0.4, -0.2) is 50.4 Å². The van der Waals surface area contributed by atoms with Crippen LogP contribution in [0.25, 0.3) is 0 Å². The molecule has 7 nitrogen and oxygen atoms in total. The number of benzene rings is 2. The summed E-state index contributed by atoms with van der Waals surface area (Å²) in [4.78, 5) is 48.8. The van der Waals surface area contributed by atoms with Gasteiger partial charge in [0.1, 0.15) is 5.69 Å². The highest BCUT2D eigenvalue weighted by molar-refractivity contribution is 6.58. The molecular weight excluding hydrogens is 617 g/mol. The molecule has 2 aliphatic heterocycles. The van der Waals surface area contributed by atoms with Gasteiger partial charge in [-0.1, -0.05) is 23.8 Å². The molecule has 2 aliphatic carbocycles. The SMILES string of the molecule is CN1C(=O)[C@H]2[C@H](CC=C3[C@H]2C[C@@]2(Cl)C(=O)N(c4c(F)c(F)c(F)c(F)c4F)C(=O)[C@@]2(Cl)[C@H]3c2cccc(F)c2O)C1=O. The number of anilines is 1. The normalized spacial score (nSPS) is 32.3. The molecule has 1 saturated carbocycles. The molecule has 0 spiro atoms. The van der Waals surface area contributed by atoms with Gasteiger partial charge in [0.2, 0.25) is 17.6 Å². The van der Waals surface area contributed by atoms with E-state index in [9.17, 15) is 50.6 Å². The Morgan fingerprint density at radius 2 is 1.45 bits per heavy atom. The highest BCUT2D eigenvalue weighted by Crippen LogP contribution is 2.66. The number of hydrogen-bond donors (Lipinski definition) is 1. The third kappa shape index (κ3) is 3.20. The molecule has 220 valence electrons. The van der Waals surface area contributed by atoms with Crippen LogP contribution < -0.4 is 4.90 Å². The average Bonchev–Trinajstić information content (AvgIpc) is 3.26. The smallest absolute Gasteiger partial charge is 0.258 e. The van der Waals surface area contributed by atoms with Crippen LogP contribution in [-0.2, 0) is 19.2 Å². The topological polar surface area (TPSA) is 95.0 Å². The van der Waals surface area contributed by atoms with E-state index in [1.165, 1.54) is 13.1 Å². The minimum Gasteiger partial charge on any atom is -0.505 e. The quantitative estimate of drug-likeness (QED) is 0.132. The Morgan fingerprint density at radius 3 is 2.07 bits per heavy atom. The van der Waals surface area contributed by atoms with Crippen molar-refractivity contribution in [3.8, 4) is 5.75 Å². The first-order valence-corrected chi connectivity index (χ1v) is 13.1. The first-order chi connectivity index (χ1) is 19.6. The summed E-state index contributed by atoms with van der Waals surface area (Å²) < 4.78 is 86.7. The monoisotopic (exact) mass is 632 g/mol. The summed E-state index contributed by atoms with van der Waals surface area (Å²) in [7, 11) is 1.23. The molecule has 6 atom stereocenters. The van der Waals surface area contributed by atoms with E-state index in [1.807, 2.05) is 0 Å². The van der Waals surface area contributed by atoms with Crippen LogP contribution in [0.5, 0.6) is 5.75 Å². The fraction of sp³-hybridized carbons (Fsp3) is 0.333. The number of phenols is 1. The fourth-order valence-corrected chi connectivity index (χ4v) is 7.76. The van der Waals surface area contributed by atoms with Gasteiger partial charge in [-0.2, -0.15) is 0 Å². The van der Waals surface area contributed by atoms with Crippen LogP contribution in [0.3, 0.4) is 0 Å². The van der Waals surface area contributed by atoms with Gasteiger partial charge in [0.15, 0.2) is 44.6 Å². The highest BCUT2D eigenvalue weighted by Gasteiger charge is 2.77. The van der Waals surface area contributed by atoms with Crippen molar-refractivity contribution in [2.45, 2.75) is 28.5 Å². The molecule has 0 unspecified atom stereocenters. The summed E-state index contributed by atoms with van der Waals surface area (Å²) >= 11 is 13.7. The number of imide groups is 2. The summed E-state index contributed by atoms with van der Waals surface area (Å²) in [5, 5.41) is 10.7. The van der Waals surface area contributed by atoms with Crippen LogP contribution in [0.15, 0.2) is 29.8 Å². The second kappa shape index (κ2) is 8.96. The Labute approximate surface area is 242 Å². The lowest BCUT2D eigenvalue weighted by atomic mass is 9.56. The van der Waals surface area contributed by atoms with Gasteiger partial charge >= 0.3 is 0 Å². The van der Waals surface area contributed by atoms with Gasteiger partial charge in [0.05, 0.1) is 11.8 Å². The van der Waals surface area contributed by atoms with Crippen molar-refractivity contribution in [3.05, 3.63) is 70.3 Å². The molecule has 2 saturated heterocycles. The molecule has 1 N–H and O–H groups in total. The van der Waals surface area contributed by atoms with Crippen LogP contribution in [0, 0.1) is 52.7 Å². The van der Waals surface area contributed by atoms with Crippen molar-refractivity contribution >= 4 is 52.5 Å². The molecule has 0 bridgehead atoms. The Morgan fingerprint density at radius 1 is 0.857 bits per heavy atom. The Bertz CT molecular complexity index is 1670. The van der Waals surface area contributed by atoms with E-state index in [2.05, 4.69) is 0 Å². The number of phenolic OH excluding ortho intramolecular Hbond substituents is 1. The van der Waals surface area contributed by atoms with E-state index in [0.29, 0.717) is 0 Å². The van der Waals surface area contributed by atoms with Crippen molar-refractivity contribution < 1.29 is 50.6 Å². The number of aromatic hydroxyl groups is 1. The number of fused-ring (bicyclic) bond motifs is 4. The predicted octanol–water partition coefficient (Wildman–Crippen LogP) is 4.42. The lowest BCUT2D eigenvalue weighted by Gasteiger charge is -2.50. The molecule has 2 heterocycles. The van der Waals surface area contributed by atoms with Crippen molar-refractivity contribution in [2.24, 2.45) is 17.8 Å². The molecule has 15 heteroatoms. The van der Waals surface area contributed by atoms with Gasteiger partial charge in [-0.05, 0) is 24.8 Å². The van der Waals surface area contributed by atoms with Crippen LogP contribution in [0.4, 0.5) is 32.0 Å². The van der Waals surface area contributed by atoms with Crippen LogP contribution in [0.1, 0.15) is 24.3 Å². The maximum absolute atomic E-state index is 14.9. The number of para-hydroxylation sites is 1. The number of carbonyl (C=O) groups excluding carboxylic acids is 4. The van der Waals surface area contributed by atoms with E-state index in [1.54, 1.807) is 0 Å². The summed E-state index contributed by atoms with van der Waals surface area (Å²) in [5.41, 5.74) is -2.24. The average molecular weight is 633 g/mol. The maximum Gasteiger partial charge on any atom is 0.258 e. The van der Waals surface area contributed by atoms with Gasteiger partial charge in [-0.3, -0.25) is 24.1 Å². The maximum atomic E-state index is 14.9. The molecule has 6 rings (SSSR count). The standard InChI is InChI=1S/C27H16Cl2F6N2O5/c1-36-22(39)9-6-5-8-11(13(9)23(36)40)7-26(28)24(41)37(20-18(34)16(32)15(31)17(33)19(20)35)25(42)27(26,29)14(8)10-3-2-4-12(30)21(10)38/h2-5,9,11,13-14,38H,6-7H2,1H3/t9-,11+,13-,14+,26+,27-/m0/s1. The van der Waals surface area contributed by atoms with Crippen molar-refractivity contribution in [1.29, 1.82) is 0 Å². The Balaban J connectivity index is 1.64. The summed E-state index contributed by atoms with van der Waals surface area (Å²) in [6.45, 7) is 0. The van der Waals surface area contributed by atoms with E-state index in [4.69, 9.17) is 23.2 Å². The molecule has 0 radical (unpaired) electrons. The molecule has 4 amide bonds. The lowest BCUT2D eigenvalue weighted by Crippen LogP contribution is -2.60. The number of likely N-dealkylation sites (tertiary alicyclic amines) is 1. The number of allylic oxidation sites excluding steroid dienone is 2. The van der Waals surface area contributed by atoms with E-state index < -0.39 is 115 Å². The van der Waals surface area contributed by atoms with E-state index >= 15 is 0 Å². The third-order valence-corrected chi connectivity index (χ3v) is 10.2. The Hall–Kier alpha value is -3.58. The minimum absolute atomic E-state index is 0.0657. The number of carbonyl (C=O) groups is 4.